The first-order valence-electron chi connectivity index (χ1n) is 10.4. The van der Waals surface area contributed by atoms with Crippen LogP contribution in [0.25, 0.3) is 10.9 Å². The summed E-state index contributed by atoms with van der Waals surface area (Å²) in [5.41, 5.74) is 1.69. The maximum absolute atomic E-state index is 13.1. The van der Waals surface area contributed by atoms with Crippen LogP contribution in [-0.4, -0.2) is 26.0 Å². The van der Waals surface area contributed by atoms with Crippen molar-refractivity contribution in [2.45, 2.75) is 11.8 Å². The van der Waals surface area contributed by atoms with Crippen molar-refractivity contribution in [1.82, 2.24) is 4.57 Å². The Morgan fingerprint density at radius 3 is 2.32 bits per heavy atom. The fraction of sp³-hybridized carbons (Fsp3) is 0.120. The van der Waals surface area contributed by atoms with Gasteiger partial charge in [0.25, 0.3) is 21.5 Å². The Hall–Kier alpha value is -4.11. The van der Waals surface area contributed by atoms with Crippen molar-refractivity contribution in [1.29, 1.82) is 0 Å². The first kappa shape index (κ1) is 23.1. The SMILES string of the molecule is COc1ccc(NS(=O)(=O)c2cc(NC(=O)c3cc(=O)n(C)c4ccccc34)ccc2C)cc1. The summed E-state index contributed by atoms with van der Waals surface area (Å²) in [4.78, 5) is 25.4. The molecule has 4 aromatic rings. The fourth-order valence-corrected chi connectivity index (χ4v) is 4.96. The first-order valence-corrected chi connectivity index (χ1v) is 11.9. The fourth-order valence-electron chi connectivity index (χ4n) is 3.63. The highest BCUT2D eigenvalue weighted by atomic mass is 32.2. The Labute approximate surface area is 196 Å². The summed E-state index contributed by atoms with van der Waals surface area (Å²) in [7, 11) is -0.765. The summed E-state index contributed by atoms with van der Waals surface area (Å²) >= 11 is 0. The van der Waals surface area contributed by atoms with Crippen LogP contribution in [0.5, 0.6) is 5.75 Å². The van der Waals surface area contributed by atoms with Crippen LogP contribution in [-0.2, 0) is 17.1 Å². The molecule has 174 valence electrons. The molecule has 0 fully saturated rings. The minimum absolute atomic E-state index is 0.0231. The van der Waals surface area contributed by atoms with Gasteiger partial charge in [-0.1, -0.05) is 24.3 Å². The van der Waals surface area contributed by atoms with Gasteiger partial charge < -0.3 is 14.6 Å². The van der Waals surface area contributed by atoms with Gasteiger partial charge in [-0.15, -0.1) is 0 Å². The molecule has 0 atom stereocenters. The third kappa shape index (κ3) is 4.51. The van der Waals surface area contributed by atoms with Gasteiger partial charge in [0, 0.05) is 29.9 Å². The van der Waals surface area contributed by atoms with E-state index in [4.69, 9.17) is 4.74 Å². The molecule has 34 heavy (non-hydrogen) atoms. The predicted molar refractivity (Wildman–Crippen MR) is 132 cm³/mol. The molecule has 0 aliphatic heterocycles. The molecule has 0 aliphatic carbocycles. The molecule has 0 spiro atoms. The number of benzene rings is 3. The zero-order chi connectivity index (χ0) is 24.5. The van der Waals surface area contributed by atoms with Crippen molar-refractivity contribution in [3.05, 3.63) is 94.3 Å². The number of ether oxygens (including phenoxy) is 1. The second kappa shape index (κ2) is 9.03. The van der Waals surface area contributed by atoms with Gasteiger partial charge in [-0.2, -0.15) is 0 Å². The maximum atomic E-state index is 13.1. The lowest BCUT2D eigenvalue weighted by molar-refractivity contribution is 0.102. The molecule has 1 aromatic heterocycles. The van der Waals surface area contributed by atoms with E-state index in [1.54, 1.807) is 74.6 Å². The lowest BCUT2D eigenvalue weighted by atomic mass is 10.1. The van der Waals surface area contributed by atoms with E-state index < -0.39 is 15.9 Å². The van der Waals surface area contributed by atoms with Crippen molar-refractivity contribution in [2.24, 2.45) is 7.05 Å². The minimum atomic E-state index is -3.93. The number of para-hydroxylation sites is 1. The van der Waals surface area contributed by atoms with E-state index in [0.717, 1.165) is 0 Å². The van der Waals surface area contributed by atoms with E-state index >= 15 is 0 Å². The van der Waals surface area contributed by atoms with Crippen LogP contribution in [0, 0.1) is 6.92 Å². The van der Waals surface area contributed by atoms with E-state index in [1.807, 2.05) is 0 Å². The van der Waals surface area contributed by atoms with E-state index in [2.05, 4.69) is 10.0 Å². The highest BCUT2D eigenvalue weighted by molar-refractivity contribution is 7.92. The number of amides is 1. The molecule has 1 amide bonds. The van der Waals surface area contributed by atoms with Gasteiger partial charge in [0.05, 0.1) is 23.1 Å². The Bertz CT molecular complexity index is 1560. The standard InChI is InChI=1S/C25H23N3O5S/c1-16-8-9-18(14-23(16)34(31,32)27-17-10-12-19(33-3)13-11-17)26-25(30)21-15-24(29)28(2)22-7-5-4-6-20(21)22/h4-15,27H,1-3H3,(H,26,30). The summed E-state index contributed by atoms with van der Waals surface area (Å²) in [5, 5.41) is 3.33. The Morgan fingerprint density at radius 1 is 0.941 bits per heavy atom. The van der Waals surface area contributed by atoms with E-state index in [9.17, 15) is 18.0 Å². The van der Waals surface area contributed by atoms with Crippen LogP contribution in [0.1, 0.15) is 15.9 Å². The monoisotopic (exact) mass is 477 g/mol. The van der Waals surface area contributed by atoms with E-state index in [-0.39, 0.29) is 21.7 Å². The van der Waals surface area contributed by atoms with Crippen LogP contribution < -0.4 is 20.3 Å². The predicted octanol–water partition coefficient (Wildman–Crippen LogP) is 3.91. The quantitative estimate of drug-likeness (QED) is 0.438. The van der Waals surface area contributed by atoms with Crippen LogP contribution in [0.3, 0.4) is 0 Å². The number of aromatic nitrogens is 1. The van der Waals surface area contributed by atoms with E-state index in [0.29, 0.717) is 27.9 Å². The average molecular weight is 478 g/mol. The zero-order valence-corrected chi connectivity index (χ0v) is 19.6. The molecule has 0 saturated heterocycles. The van der Waals surface area contributed by atoms with Gasteiger partial charge in [-0.3, -0.25) is 14.3 Å². The number of anilines is 2. The molecule has 0 saturated carbocycles. The van der Waals surface area contributed by atoms with Crippen LogP contribution in [0.2, 0.25) is 0 Å². The number of carbonyl (C=O) groups excluding carboxylic acids is 1. The summed E-state index contributed by atoms with van der Waals surface area (Å²) in [5.74, 6) is 0.0938. The number of carbonyl (C=O) groups is 1. The van der Waals surface area contributed by atoms with Crippen molar-refractivity contribution >= 4 is 38.2 Å². The number of rotatable bonds is 6. The van der Waals surface area contributed by atoms with Crippen molar-refractivity contribution in [2.75, 3.05) is 17.1 Å². The number of pyridine rings is 1. The molecule has 0 aliphatic rings. The van der Waals surface area contributed by atoms with Crippen LogP contribution in [0.15, 0.2) is 82.5 Å². The second-order valence-electron chi connectivity index (χ2n) is 7.74. The highest BCUT2D eigenvalue weighted by Crippen LogP contribution is 2.25. The Kier molecular flexibility index (Phi) is 6.12. The summed E-state index contributed by atoms with van der Waals surface area (Å²) in [6.45, 7) is 1.67. The number of hydrogen-bond donors (Lipinski definition) is 2. The number of nitrogens with one attached hydrogen (secondary N) is 2. The van der Waals surface area contributed by atoms with Gasteiger partial charge in [-0.05, 0) is 55.0 Å². The molecular formula is C25H23N3O5S. The molecular weight excluding hydrogens is 454 g/mol. The molecule has 9 heteroatoms. The number of sulfonamides is 1. The van der Waals surface area contributed by atoms with Crippen LogP contribution in [0.4, 0.5) is 11.4 Å². The molecule has 0 radical (unpaired) electrons. The highest BCUT2D eigenvalue weighted by Gasteiger charge is 2.19. The van der Waals surface area contributed by atoms with E-state index in [1.165, 1.54) is 23.8 Å². The van der Waals surface area contributed by atoms with Crippen LogP contribution >= 0.6 is 0 Å². The summed E-state index contributed by atoms with van der Waals surface area (Å²) in [6.07, 6.45) is 0. The van der Waals surface area contributed by atoms with Gasteiger partial charge in [0.1, 0.15) is 5.75 Å². The van der Waals surface area contributed by atoms with Gasteiger partial charge in [0.15, 0.2) is 0 Å². The molecule has 0 unspecified atom stereocenters. The second-order valence-corrected chi connectivity index (χ2v) is 9.39. The number of fused-ring (bicyclic) bond motifs is 1. The molecule has 4 rings (SSSR count). The molecule has 1 heterocycles. The molecule has 2 N–H and O–H groups in total. The molecule has 3 aromatic carbocycles. The lowest BCUT2D eigenvalue weighted by Gasteiger charge is -2.14. The van der Waals surface area contributed by atoms with Gasteiger partial charge in [0.2, 0.25) is 0 Å². The number of methoxy groups -OCH3 is 1. The molecule has 0 bridgehead atoms. The third-order valence-corrected chi connectivity index (χ3v) is 7.00. The number of hydrogen-bond acceptors (Lipinski definition) is 5. The smallest absolute Gasteiger partial charge is 0.262 e. The lowest BCUT2D eigenvalue weighted by Crippen LogP contribution is -2.22. The van der Waals surface area contributed by atoms with Gasteiger partial charge in [-0.25, -0.2) is 8.42 Å². The zero-order valence-electron chi connectivity index (χ0n) is 18.8. The number of aryl methyl sites for hydroxylation is 2. The normalized spacial score (nSPS) is 11.3. The third-order valence-electron chi connectivity index (χ3n) is 5.48. The number of nitrogens with zero attached hydrogens (tertiary/aromatic N) is 1. The Morgan fingerprint density at radius 2 is 1.62 bits per heavy atom. The topological polar surface area (TPSA) is 106 Å². The van der Waals surface area contributed by atoms with Gasteiger partial charge >= 0.3 is 0 Å². The minimum Gasteiger partial charge on any atom is -0.497 e. The van der Waals surface area contributed by atoms with Crippen molar-refractivity contribution in [3.63, 3.8) is 0 Å². The largest absolute Gasteiger partial charge is 0.497 e. The summed E-state index contributed by atoms with van der Waals surface area (Å²) in [6, 6.07) is 19.5. The van der Waals surface area contributed by atoms with Crippen molar-refractivity contribution < 1.29 is 17.9 Å². The molecule has 8 nitrogen and oxygen atoms in total. The summed E-state index contributed by atoms with van der Waals surface area (Å²) < 4.78 is 35.2. The maximum Gasteiger partial charge on any atom is 0.262 e. The van der Waals surface area contributed by atoms with Crippen molar-refractivity contribution in [3.8, 4) is 5.75 Å². The first-order chi connectivity index (χ1) is 16.2. The Balaban J connectivity index is 1.65. The average Bonchev–Trinajstić information content (AvgIpc) is 2.82.